The van der Waals surface area contributed by atoms with Crippen molar-refractivity contribution >= 4 is 23.5 Å². The Balaban J connectivity index is 1.93. The number of likely N-dealkylation sites (N-methyl/N-ethyl adjacent to an activating group) is 1. The number of hydrogen-bond acceptors (Lipinski definition) is 5. The first-order chi connectivity index (χ1) is 12.0. The van der Waals surface area contributed by atoms with Crippen molar-refractivity contribution in [2.75, 3.05) is 38.6 Å². The molecule has 8 heteroatoms. The smallest absolute Gasteiger partial charge is 0.324 e. The van der Waals surface area contributed by atoms with Crippen LogP contribution in [0.3, 0.4) is 0 Å². The first kappa shape index (κ1) is 18.7. The van der Waals surface area contributed by atoms with E-state index in [4.69, 9.17) is 4.74 Å². The molecule has 2 N–H and O–H groups in total. The molecule has 1 heterocycles. The summed E-state index contributed by atoms with van der Waals surface area (Å²) in [6.07, 6.45) is 0. The van der Waals surface area contributed by atoms with Crippen LogP contribution in [-0.4, -0.2) is 67.0 Å². The standard InChI is InChI=1S/C17H24N4O4/c1-4-20(12(2)16(23)21-10-9-18-17(21)24)11-15(22)19-13-5-7-14(25-3)8-6-13/h5-8,12H,4,9-11H2,1-3H3,(H,18,24)(H,19,22)/t12-/m0/s1. The zero-order valence-electron chi connectivity index (χ0n) is 14.7. The fourth-order valence-corrected chi connectivity index (χ4v) is 2.65. The van der Waals surface area contributed by atoms with Crippen LogP contribution in [0.15, 0.2) is 24.3 Å². The van der Waals surface area contributed by atoms with Gasteiger partial charge in [-0.15, -0.1) is 0 Å². The summed E-state index contributed by atoms with van der Waals surface area (Å²) in [5.41, 5.74) is 0.653. The minimum atomic E-state index is -0.560. The topological polar surface area (TPSA) is 91.0 Å². The second-order valence-corrected chi connectivity index (χ2v) is 5.74. The van der Waals surface area contributed by atoms with Gasteiger partial charge >= 0.3 is 6.03 Å². The average molecular weight is 348 g/mol. The molecule has 0 saturated carbocycles. The second-order valence-electron chi connectivity index (χ2n) is 5.74. The van der Waals surface area contributed by atoms with Gasteiger partial charge in [0.2, 0.25) is 11.8 Å². The molecular formula is C17H24N4O4. The summed E-state index contributed by atoms with van der Waals surface area (Å²) in [6, 6.07) is 6.06. The second kappa shape index (κ2) is 8.48. The third-order valence-electron chi connectivity index (χ3n) is 4.15. The van der Waals surface area contributed by atoms with Crippen LogP contribution in [0.25, 0.3) is 0 Å². The van der Waals surface area contributed by atoms with Gasteiger partial charge in [0, 0.05) is 18.8 Å². The molecule has 2 rings (SSSR count). The summed E-state index contributed by atoms with van der Waals surface area (Å²) in [5, 5.41) is 5.39. The number of benzene rings is 1. The zero-order valence-corrected chi connectivity index (χ0v) is 14.7. The van der Waals surface area contributed by atoms with Gasteiger partial charge in [0.05, 0.1) is 19.7 Å². The number of imide groups is 1. The lowest BCUT2D eigenvalue weighted by Gasteiger charge is -2.28. The van der Waals surface area contributed by atoms with E-state index in [-0.39, 0.29) is 24.4 Å². The quantitative estimate of drug-likeness (QED) is 0.764. The lowest BCUT2D eigenvalue weighted by molar-refractivity contribution is -0.133. The Bertz CT molecular complexity index is 632. The van der Waals surface area contributed by atoms with Crippen LogP contribution in [0.2, 0.25) is 0 Å². The molecule has 25 heavy (non-hydrogen) atoms. The normalized spacial score (nSPS) is 15.0. The minimum Gasteiger partial charge on any atom is -0.497 e. The van der Waals surface area contributed by atoms with E-state index >= 15 is 0 Å². The van der Waals surface area contributed by atoms with Crippen molar-refractivity contribution in [1.29, 1.82) is 0 Å². The Morgan fingerprint density at radius 2 is 2.04 bits per heavy atom. The van der Waals surface area contributed by atoms with Gasteiger partial charge in [-0.1, -0.05) is 6.92 Å². The van der Waals surface area contributed by atoms with Gasteiger partial charge < -0.3 is 15.4 Å². The zero-order chi connectivity index (χ0) is 18.4. The van der Waals surface area contributed by atoms with Gasteiger partial charge in [-0.2, -0.15) is 0 Å². The van der Waals surface area contributed by atoms with Crippen molar-refractivity contribution in [3.05, 3.63) is 24.3 Å². The Hall–Kier alpha value is -2.61. The van der Waals surface area contributed by atoms with Crippen LogP contribution in [-0.2, 0) is 9.59 Å². The fourth-order valence-electron chi connectivity index (χ4n) is 2.65. The molecule has 1 atom stereocenters. The molecule has 136 valence electrons. The Labute approximate surface area is 147 Å². The van der Waals surface area contributed by atoms with E-state index in [2.05, 4.69) is 10.6 Å². The molecule has 0 bridgehead atoms. The molecule has 0 unspecified atom stereocenters. The third-order valence-corrected chi connectivity index (χ3v) is 4.15. The van der Waals surface area contributed by atoms with Crippen LogP contribution >= 0.6 is 0 Å². The highest BCUT2D eigenvalue weighted by Gasteiger charge is 2.32. The number of nitrogens with zero attached hydrogens (tertiary/aromatic N) is 2. The predicted molar refractivity (Wildman–Crippen MR) is 93.4 cm³/mol. The summed E-state index contributed by atoms with van der Waals surface area (Å²) in [4.78, 5) is 39.3. The molecule has 8 nitrogen and oxygen atoms in total. The molecule has 0 radical (unpaired) electrons. The van der Waals surface area contributed by atoms with Crippen molar-refractivity contribution in [3.8, 4) is 5.75 Å². The number of ether oxygens (including phenoxy) is 1. The molecule has 1 aliphatic heterocycles. The predicted octanol–water partition coefficient (Wildman–Crippen LogP) is 0.896. The maximum absolute atomic E-state index is 12.4. The van der Waals surface area contributed by atoms with Crippen LogP contribution in [0.4, 0.5) is 10.5 Å². The number of carbonyl (C=O) groups is 3. The summed E-state index contributed by atoms with van der Waals surface area (Å²) >= 11 is 0. The lowest BCUT2D eigenvalue weighted by atomic mass is 10.2. The van der Waals surface area contributed by atoms with Gasteiger partial charge in [0.1, 0.15) is 5.75 Å². The van der Waals surface area contributed by atoms with Crippen molar-refractivity contribution < 1.29 is 19.1 Å². The molecule has 1 saturated heterocycles. The maximum Gasteiger partial charge on any atom is 0.324 e. The van der Waals surface area contributed by atoms with Crippen molar-refractivity contribution in [2.45, 2.75) is 19.9 Å². The van der Waals surface area contributed by atoms with E-state index in [1.165, 1.54) is 4.90 Å². The minimum absolute atomic E-state index is 0.0604. The highest BCUT2D eigenvalue weighted by Crippen LogP contribution is 2.15. The summed E-state index contributed by atoms with van der Waals surface area (Å²) in [5.74, 6) is 0.183. The molecule has 1 fully saturated rings. The first-order valence-electron chi connectivity index (χ1n) is 8.23. The first-order valence-corrected chi connectivity index (χ1v) is 8.23. The van der Waals surface area contributed by atoms with Crippen LogP contribution in [0, 0.1) is 0 Å². The fraction of sp³-hybridized carbons (Fsp3) is 0.471. The van der Waals surface area contributed by atoms with Crippen LogP contribution in [0.1, 0.15) is 13.8 Å². The van der Waals surface area contributed by atoms with Crippen molar-refractivity contribution in [3.63, 3.8) is 0 Å². The Morgan fingerprint density at radius 3 is 2.56 bits per heavy atom. The molecule has 1 aliphatic rings. The van der Waals surface area contributed by atoms with Crippen molar-refractivity contribution in [2.24, 2.45) is 0 Å². The van der Waals surface area contributed by atoms with E-state index in [1.54, 1.807) is 43.2 Å². The molecular weight excluding hydrogens is 324 g/mol. The molecule has 0 aliphatic carbocycles. The van der Waals surface area contributed by atoms with E-state index < -0.39 is 6.04 Å². The number of nitrogens with one attached hydrogen (secondary N) is 2. The highest BCUT2D eigenvalue weighted by atomic mass is 16.5. The monoisotopic (exact) mass is 348 g/mol. The molecule has 0 spiro atoms. The number of methoxy groups -OCH3 is 1. The van der Waals surface area contributed by atoms with Gasteiger partial charge in [-0.05, 0) is 37.7 Å². The highest BCUT2D eigenvalue weighted by molar-refractivity contribution is 5.98. The Kier molecular flexibility index (Phi) is 6.35. The summed E-state index contributed by atoms with van der Waals surface area (Å²) in [7, 11) is 1.58. The number of amides is 4. The Morgan fingerprint density at radius 1 is 1.36 bits per heavy atom. The maximum atomic E-state index is 12.4. The lowest BCUT2D eigenvalue weighted by Crippen LogP contribution is -2.50. The third kappa shape index (κ3) is 4.69. The molecule has 4 amide bonds. The van der Waals surface area contributed by atoms with E-state index in [1.807, 2.05) is 6.92 Å². The molecule has 0 aromatic heterocycles. The summed E-state index contributed by atoms with van der Waals surface area (Å²) < 4.78 is 5.08. The largest absolute Gasteiger partial charge is 0.497 e. The number of rotatable bonds is 7. The number of urea groups is 1. The van der Waals surface area contributed by atoms with Crippen LogP contribution in [0.5, 0.6) is 5.75 Å². The molecule has 1 aromatic carbocycles. The van der Waals surface area contributed by atoms with Gasteiger partial charge in [0.15, 0.2) is 0 Å². The number of carbonyl (C=O) groups excluding carboxylic acids is 3. The SMILES string of the molecule is CCN(CC(=O)Nc1ccc(OC)cc1)[C@@H](C)C(=O)N1CCNC1=O. The van der Waals surface area contributed by atoms with Crippen LogP contribution < -0.4 is 15.4 Å². The molecule has 1 aromatic rings. The number of hydrogen-bond donors (Lipinski definition) is 2. The van der Waals surface area contributed by atoms with Gasteiger partial charge in [-0.3, -0.25) is 19.4 Å². The number of anilines is 1. The van der Waals surface area contributed by atoms with Gasteiger partial charge in [-0.25, -0.2) is 4.79 Å². The van der Waals surface area contributed by atoms with E-state index in [0.717, 1.165) is 0 Å². The average Bonchev–Trinajstić information content (AvgIpc) is 3.05. The van der Waals surface area contributed by atoms with E-state index in [9.17, 15) is 14.4 Å². The van der Waals surface area contributed by atoms with E-state index in [0.29, 0.717) is 31.1 Å². The summed E-state index contributed by atoms with van der Waals surface area (Å²) in [6.45, 7) is 4.97. The van der Waals surface area contributed by atoms with Crippen molar-refractivity contribution in [1.82, 2.24) is 15.1 Å². The van der Waals surface area contributed by atoms with Gasteiger partial charge in [0.25, 0.3) is 0 Å².